The van der Waals surface area contributed by atoms with Gasteiger partial charge in [0.2, 0.25) is 0 Å². The summed E-state index contributed by atoms with van der Waals surface area (Å²) in [5.74, 6) is 1.34. The molecule has 0 spiro atoms. The summed E-state index contributed by atoms with van der Waals surface area (Å²) in [5, 5.41) is 3.56. The van der Waals surface area contributed by atoms with E-state index < -0.39 is 0 Å². The van der Waals surface area contributed by atoms with Gasteiger partial charge < -0.3 is 5.32 Å². The van der Waals surface area contributed by atoms with Crippen molar-refractivity contribution < 1.29 is 0 Å². The second-order valence-corrected chi connectivity index (χ2v) is 5.63. The third kappa shape index (κ3) is 4.86. The van der Waals surface area contributed by atoms with Crippen LogP contribution in [0.3, 0.4) is 0 Å². The van der Waals surface area contributed by atoms with Crippen LogP contribution in [0.4, 0.5) is 0 Å². The van der Waals surface area contributed by atoms with E-state index in [4.69, 9.17) is 11.6 Å². The maximum absolute atomic E-state index is 5.80. The molecule has 0 aliphatic rings. The number of benzene rings is 1. The maximum atomic E-state index is 5.80. The highest BCUT2D eigenvalue weighted by atomic mass is 79.9. The average Bonchev–Trinajstić information content (AvgIpc) is 2.26. The number of nitrogens with one attached hydrogen (secondary N) is 1. The third-order valence-corrected chi connectivity index (χ3v) is 3.45. The Kier molecular flexibility index (Phi) is 6.40. The Hall–Kier alpha value is -0.0500. The lowest BCUT2D eigenvalue weighted by Crippen LogP contribution is -2.33. The van der Waals surface area contributed by atoms with E-state index >= 15 is 0 Å². The van der Waals surface area contributed by atoms with E-state index in [1.54, 1.807) is 0 Å². The standard InChI is InChI=1S/C13H19BrClN/c1-10(2)13(7-8-15)16-9-11-3-5-12(14)6-4-11/h3-6,10,13,16H,7-9H2,1-2H3. The zero-order valence-electron chi connectivity index (χ0n) is 9.84. The van der Waals surface area contributed by atoms with Gasteiger partial charge in [0, 0.05) is 22.9 Å². The zero-order chi connectivity index (χ0) is 12.0. The van der Waals surface area contributed by atoms with Crippen molar-refractivity contribution in [1.82, 2.24) is 5.32 Å². The fourth-order valence-corrected chi connectivity index (χ4v) is 2.14. The van der Waals surface area contributed by atoms with Crippen molar-refractivity contribution in [1.29, 1.82) is 0 Å². The van der Waals surface area contributed by atoms with Crippen LogP contribution in [-0.4, -0.2) is 11.9 Å². The Morgan fingerprint density at radius 2 is 1.88 bits per heavy atom. The van der Waals surface area contributed by atoms with Crippen LogP contribution < -0.4 is 5.32 Å². The van der Waals surface area contributed by atoms with Crippen molar-refractivity contribution in [3.63, 3.8) is 0 Å². The fraction of sp³-hybridized carbons (Fsp3) is 0.538. The van der Waals surface area contributed by atoms with Crippen molar-refractivity contribution in [2.45, 2.75) is 32.9 Å². The van der Waals surface area contributed by atoms with Crippen molar-refractivity contribution in [3.05, 3.63) is 34.3 Å². The van der Waals surface area contributed by atoms with Gasteiger partial charge in [-0.1, -0.05) is 41.9 Å². The molecule has 0 saturated carbocycles. The van der Waals surface area contributed by atoms with Crippen LogP contribution in [0.25, 0.3) is 0 Å². The topological polar surface area (TPSA) is 12.0 Å². The fourth-order valence-electron chi connectivity index (χ4n) is 1.64. The van der Waals surface area contributed by atoms with E-state index in [2.05, 4.69) is 59.4 Å². The Morgan fingerprint density at radius 3 is 2.38 bits per heavy atom. The Morgan fingerprint density at radius 1 is 1.25 bits per heavy atom. The van der Waals surface area contributed by atoms with E-state index in [1.165, 1.54) is 5.56 Å². The SMILES string of the molecule is CC(C)C(CCCl)NCc1ccc(Br)cc1. The van der Waals surface area contributed by atoms with E-state index in [1.807, 2.05) is 0 Å². The summed E-state index contributed by atoms with van der Waals surface area (Å²) in [6, 6.07) is 8.91. The highest BCUT2D eigenvalue weighted by molar-refractivity contribution is 9.10. The molecule has 0 heterocycles. The quantitative estimate of drug-likeness (QED) is 0.777. The van der Waals surface area contributed by atoms with Crippen LogP contribution in [0.2, 0.25) is 0 Å². The van der Waals surface area contributed by atoms with Crippen molar-refractivity contribution >= 4 is 27.5 Å². The zero-order valence-corrected chi connectivity index (χ0v) is 12.2. The van der Waals surface area contributed by atoms with Gasteiger partial charge in [-0.3, -0.25) is 0 Å². The molecule has 0 aliphatic heterocycles. The molecular weight excluding hydrogens is 286 g/mol. The summed E-state index contributed by atoms with van der Waals surface area (Å²) < 4.78 is 1.12. The van der Waals surface area contributed by atoms with Gasteiger partial charge in [0.15, 0.2) is 0 Å². The minimum atomic E-state index is 0.501. The molecule has 1 aromatic carbocycles. The molecule has 3 heteroatoms. The van der Waals surface area contributed by atoms with E-state index in [9.17, 15) is 0 Å². The molecule has 0 aliphatic carbocycles. The average molecular weight is 305 g/mol. The molecule has 0 saturated heterocycles. The molecule has 1 nitrogen and oxygen atoms in total. The minimum Gasteiger partial charge on any atom is -0.310 e. The highest BCUT2D eigenvalue weighted by Gasteiger charge is 2.11. The van der Waals surface area contributed by atoms with Crippen LogP contribution in [0.5, 0.6) is 0 Å². The summed E-state index contributed by atoms with van der Waals surface area (Å²) in [6.07, 6.45) is 1.02. The van der Waals surface area contributed by atoms with Gasteiger partial charge in [-0.2, -0.15) is 0 Å². The number of hydrogen-bond acceptors (Lipinski definition) is 1. The molecule has 0 aromatic heterocycles. The van der Waals surface area contributed by atoms with Crippen LogP contribution in [0.1, 0.15) is 25.8 Å². The number of alkyl halides is 1. The van der Waals surface area contributed by atoms with Gasteiger partial charge in [0.1, 0.15) is 0 Å². The Bertz CT molecular complexity index is 297. The number of hydrogen-bond donors (Lipinski definition) is 1. The van der Waals surface area contributed by atoms with Gasteiger partial charge in [-0.15, -0.1) is 11.6 Å². The highest BCUT2D eigenvalue weighted by Crippen LogP contribution is 2.12. The molecule has 1 N–H and O–H groups in total. The summed E-state index contributed by atoms with van der Waals surface area (Å²) in [4.78, 5) is 0. The predicted octanol–water partition coefficient (Wildman–Crippen LogP) is 4.19. The first-order valence-corrected chi connectivity index (χ1v) is 7.00. The van der Waals surface area contributed by atoms with Gasteiger partial charge in [-0.25, -0.2) is 0 Å². The number of halogens is 2. The summed E-state index contributed by atoms with van der Waals surface area (Å²) in [5.41, 5.74) is 1.31. The monoisotopic (exact) mass is 303 g/mol. The lowest BCUT2D eigenvalue weighted by Gasteiger charge is -2.21. The van der Waals surface area contributed by atoms with Crippen LogP contribution >= 0.6 is 27.5 Å². The van der Waals surface area contributed by atoms with Gasteiger partial charge >= 0.3 is 0 Å². The summed E-state index contributed by atoms with van der Waals surface area (Å²) in [6.45, 7) is 5.37. The first kappa shape index (κ1) is 14.0. The van der Waals surface area contributed by atoms with Crippen LogP contribution in [-0.2, 0) is 6.54 Å². The summed E-state index contributed by atoms with van der Waals surface area (Å²) >= 11 is 9.23. The molecular formula is C13H19BrClN. The third-order valence-electron chi connectivity index (χ3n) is 2.71. The largest absolute Gasteiger partial charge is 0.310 e. The predicted molar refractivity (Wildman–Crippen MR) is 74.9 cm³/mol. The molecule has 1 aromatic rings. The lowest BCUT2D eigenvalue weighted by molar-refractivity contribution is 0.389. The minimum absolute atomic E-state index is 0.501. The molecule has 0 radical (unpaired) electrons. The molecule has 1 atom stereocenters. The van der Waals surface area contributed by atoms with Crippen LogP contribution in [0, 0.1) is 5.92 Å². The Labute approximate surface area is 112 Å². The van der Waals surface area contributed by atoms with Crippen LogP contribution in [0.15, 0.2) is 28.7 Å². The normalized spacial score (nSPS) is 13.1. The molecule has 90 valence electrons. The molecule has 0 amide bonds. The van der Waals surface area contributed by atoms with Gasteiger partial charge in [0.25, 0.3) is 0 Å². The Balaban J connectivity index is 2.45. The summed E-state index contributed by atoms with van der Waals surface area (Å²) in [7, 11) is 0. The molecule has 16 heavy (non-hydrogen) atoms. The van der Waals surface area contributed by atoms with Crippen molar-refractivity contribution in [3.8, 4) is 0 Å². The molecule has 0 bridgehead atoms. The molecule has 1 rings (SSSR count). The molecule has 0 fully saturated rings. The second-order valence-electron chi connectivity index (χ2n) is 4.34. The molecule has 1 unspecified atom stereocenters. The second kappa shape index (κ2) is 7.31. The smallest absolute Gasteiger partial charge is 0.0238 e. The van der Waals surface area contributed by atoms with Gasteiger partial charge in [0.05, 0.1) is 0 Å². The van der Waals surface area contributed by atoms with Crippen molar-refractivity contribution in [2.75, 3.05) is 5.88 Å². The van der Waals surface area contributed by atoms with Gasteiger partial charge in [-0.05, 0) is 30.0 Å². The van der Waals surface area contributed by atoms with E-state index in [0.717, 1.165) is 23.3 Å². The van der Waals surface area contributed by atoms with E-state index in [-0.39, 0.29) is 0 Å². The first-order valence-electron chi connectivity index (χ1n) is 5.67. The van der Waals surface area contributed by atoms with E-state index in [0.29, 0.717) is 12.0 Å². The first-order chi connectivity index (χ1) is 7.63. The van der Waals surface area contributed by atoms with Crippen molar-refractivity contribution in [2.24, 2.45) is 5.92 Å². The lowest BCUT2D eigenvalue weighted by atomic mass is 10.0. The number of rotatable bonds is 6. The maximum Gasteiger partial charge on any atom is 0.0238 e.